The number of ether oxygens (including phenoxy) is 2. The summed E-state index contributed by atoms with van der Waals surface area (Å²) in [6.45, 7) is 2.65. The maximum atomic E-state index is 14.2. The normalized spacial score (nSPS) is 22.2. The van der Waals surface area contributed by atoms with E-state index in [1.807, 2.05) is 37.3 Å². The van der Waals surface area contributed by atoms with E-state index >= 15 is 0 Å². The molecule has 162 valence electrons. The second-order valence-electron chi connectivity index (χ2n) is 8.20. The van der Waals surface area contributed by atoms with Crippen LogP contribution in [0.15, 0.2) is 82.8 Å². The molecule has 0 fully saturated rings. The summed E-state index contributed by atoms with van der Waals surface area (Å²) in [4.78, 5) is 9.36. The Kier molecular flexibility index (Phi) is 5.43. The molecule has 0 saturated heterocycles. The van der Waals surface area contributed by atoms with Crippen molar-refractivity contribution in [1.82, 2.24) is 0 Å². The first-order chi connectivity index (χ1) is 15.5. The number of nitrogens with zero attached hydrogens (tertiary/aromatic N) is 2. The van der Waals surface area contributed by atoms with Crippen molar-refractivity contribution in [3.8, 4) is 11.1 Å². The van der Waals surface area contributed by atoms with Gasteiger partial charge in [0.05, 0.1) is 6.42 Å². The van der Waals surface area contributed by atoms with Crippen LogP contribution in [0.25, 0.3) is 11.1 Å². The van der Waals surface area contributed by atoms with Crippen LogP contribution in [0.3, 0.4) is 0 Å². The van der Waals surface area contributed by atoms with E-state index in [1.54, 1.807) is 12.1 Å². The Morgan fingerprint density at radius 1 is 0.938 bits per heavy atom. The van der Waals surface area contributed by atoms with Crippen molar-refractivity contribution in [2.45, 2.75) is 24.9 Å². The summed E-state index contributed by atoms with van der Waals surface area (Å²) in [5.41, 5.74) is 3.11. The Balaban J connectivity index is 1.28. The number of halogens is 2. The zero-order valence-corrected chi connectivity index (χ0v) is 18.3. The first-order valence-electron chi connectivity index (χ1n) is 10.5. The molecule has 0 saturated carbocycles. The van der Waals surface area contributed by atoms with E-state index in [-0.39, 0.29) is 11.9 Å². The predicted molar refractivity (Wildman–Crippen MR) is 125 cm³/mol. The van der Waals surface area contributed by atoms with Crippen LogP contribution >= 0.6 is 11.6 Å². The summed E-state index contributed by atoms with van der Waals surface area (Å²) in [5, 5.41) is 0.723. The number of benzene rings is 3. The van der Waals surface area contributed by atoms with Crippen LogP contribution < -0.4 is 0 Å². The fourth-order valence-corrected chi connectivity index (χ4v) is 4.18. The van der Waals surface area contributed by atoms with Crippen molar-refractivity contribution in [2.75, 3.05) is 13.2 Å². The monoisotopic (exact) mass is 448 g/mol. The lowest BCUT2D eigenvalue weighted by Crippen LogP contribution is -2.22. The largest absolute Gasteiger partial charge is 0.478 e. The van der Waals surface area contributed by atoms with Gasteiger partial charge in [-0.25, -0.2) is 14.4 Å². The van der Waals surface area contributed by atoms with E-state index in [9.17, 15) is 4.39 Å². The molecule has 4 nitrogen and oxygen atoms in total. The molecule has 32 heavy (non-hydrogen) atoms. The second-order valence-corrected chi connectivity index (χ2v) is 8.64. The molecule has 0 radical (unpaired) electrons. The average molecular weight is 449 g/mol. The zero-order chi connectivity index (χ0) is 22.1. The van der Waals surface area contributed by atoms with E-state index < -0.39 is 5.54 Å². The lowest BCUT2D eigenvalue weighted by molar-refractivity contribution is 0.260. The third-order valence-electron chi connectivity index (χ3n) is 5.83. The van der Waals surface area contributed by atoms with Crippen LogP contribution in [0.5, 0.6) is 0 Å². The highest BCUT2D eigenvalue weighted by atomic mass is 35.5. The summed E-state index contributed by atoms with van der Waals surface area (Å²) in [5.74, 6) is 0.835. The van der Waals surface area contributed by atoms with Gasteiger partial charge in [0.15, 0.2) is 11.8 Å². The van der Waals surface area contributed by atoms with Gasteiger partial charge in [0.25, 0.3) is 0 Å². The maximum Gasteiger partial charge on any atom is 0.193 e. The summed E-state index contributed by atoms with van der Waals surface area (Å²) in [7, 11) is 0. The molecular formula is C26H22ClFN2O2. The van der Waals surface area contributed by atoms with Crippen molar-refractivity contribution < 1.29 is 13.9 Å². The molecule has 2 atom stereocenters. The second kappa shape index (κ2) is 8.40. The molecule has 6 heteroatoms. The van der Waals surface area contributed by atoms with Gasteiger partial charge < -0.3 is 9.47 Å². The molecule has 3 aromatic rings. The van der Waals surface area contributed by atoms with E-state index in [4.69, 9.17) is 26.1 Å². The van der Waals surface area contributed by atoms with Gasteiger partial charge in [-0.15, -0.1) is 0 Å². The van der Waals surface area contributed by atoms with Crippen molar-refractivity contribution in [3.05, 3.63) is 94.8 Å². The minimum Gasteiger partial charge on any atom is -0.478 e. The molecule has 0 spiro atoms. The van der Waals surface area contributed by atoms with E-state index in [0.717, 1.165) is 21.7 Å². The molecule has 2 aliphatic heterocycles. The standard InChI is InChI=1S/C26H22ClFN2O2/c1-26(21-4-2-3-5-22(21)28)16-32-25(30-26)14-24-29-23(15-31-24)19-8-6-17(7-9-19)18-10-12-20(27)13-11-18/h2-13,23H,14-16H2,1H3. The van der Waals surface area contributed by atoms with Gasteiger partial charge in [0, 0.05) is 10.6 Å². The van der Waals surface area contributed by atoms with Gasteiger partial charge in [-0.2, -0.15) is 0 Å². The van der Waals surface area contributed by atoms with E-state index in [1.165, 1.54) is 6.07 Å². The Hall–Kier alpha value is -3.18. The highest BCUT2D eigenvalue weighted by molar-refractivity contribution is 6.30. The number of rotatable bonds is 5. The average Bonchev–Trinajstić information content (AvgIpc) is 3.42. The lowest BCUT2D eigenvalue weighted by Gasteiger charge is -2.19. The Bertz CT molecular complexity index is 1190. The van der Waals surface area contributed by atoms with Crippen LogP contribution in [0, 0.1) is 5.82 Å². The third-order valence-corrected chi connectivity index (χ3v) is 6.08. The highest BCUT2D eigenvalue weighted by Crippen LogP contribution is 2.34. The minimum absolute atomic E-state index is 0.0655. The van der Waals surface area contributed by atoms with Crippen LogP contribution in [-0.4, -0.2) is 25.0 Å². The summed E-state index contributed by atoms with van der Waals surface area (Å²) >= 11 is 5.98. The van der Waals surface area contributed by atoms with Crippen molar-refractivity contribution >= 4 is 23.4 Å². The molecule has 0 bridgehead atoms. The molecular weight excluding hydrogens is 427 g/mol. The summed E-state index contributed by atoms with van der Waals surface area (Å²) < 4.78 is 25.8. The minimum atomic E-state index is -0.739. The number of hydrogen-bond donors (Lipinski definition) is 0. The molecule has 2 aliphatic rings. The van der Waals surface area contributed by atoms with Crippen molar-refractivity contribution in [1.29, 1.82) is 0 Å². The molecule has 0 aromatic heterocycles. The molecule has 0 N–H and O–H groups in total. The molecule has 3 aromatic carbocycles. The van der Waals surface area contributed by atoms with Gasteiger partial charge in [0.1, 0.15) is 30.6 Å². The lowest BCUT2D eigenvalue weighted by atomic mass is 9.94. The van der Waals surface area contributed by atoms with Gasteiger partial charge in [-0.3, -0.25) is 0 Å². The molecule has 5 rings (SSSR count). The topological polar surface area (TPSA) is 43.2 Å². The van der Waals surface area contributed by atoms with Crippen LogP contribution in [0.4, 0.5) is 4.39 Å². The first-order valence-corrected chi connectivity index (χ1v) is 10.9. The molecule has 0 amide bonds. The highest BCUT2D eigenvalue weighted by Gasteiger charge is 2.36. The fourth-order valence-electron chi connectivity index (χ4n) is 4.05. The molecule has 2 heterocycles. The summed E-state index contributed by atoms with van der Waals surface area (Å²) in [6, 6.07) is 22.7. The Morgan fingerprint density at radius 2 is 1.62 bits per heavy atom. The number of hydrogen-bond acceptors (Lipinski definition) is 4. The zero-order valence-electron chi connectivity index (χ0n) is 17.6. The quantitative estimate of drug-likeness (QED) is 0.456. The molecule has 2 unspecified atom stereocenters. The smallest absolute Gasteiger partial charge is 0.193 e. The first kappa shape index (κ1) is 20.7. The number of aliphatic imine (C=N–C) groups is 2. The van der Waals surface area contributed by atoms with Gasteiger partial charge in [-0.05, 0) is 41.8 Å². The SMILES string of the molecule is CC1(c2ccccc2F)COC(CC2=NC(c3ccc(-c4ccc(Cl)cc4)cc3)CO2)=N1. The van der Waals surface area contributed by atoms with Crippen LogP contribution in [-0.2, 0) is 15.0 Å². The van der Waals surface area contributed by atoms with Gasteiger partial charge >= 0.3 is 0 Å². The predicted octanol–water partition coefficient (Wildman–Crippen LogP) is 6.35. The van der Waals surface area contributed by atoms with E-state index in [0.29, 0.717) is 37.0 Å². The Labute approximate surface area is 191 Å². The molecule has 0 aliphatic carbocycles. The summed E-state index contributed by atoms with van der Waals surface area (Å²) in [6.07, 6.45) is 0.364. The van der Waals surface area contributed by atoms with E-state index in [2.05, 4.69) is 29.3 Å². The van der Waals surface area contributed by atoms with Crippen molar-refractivity contribution in [3.63, 3.8) is 0 Å². The van der Waals surface area contributed by atoms with Crippen LogP contribution in [0.2, 0.25) is 5.02 Å². The maximum absolute atomic E-state index is 14.2. The van der Waals surface area contributed by atoms with Gasteiger partial charge in [-0.1, -0.05) is 66.2 Å². The Morgan fingerprint density at radius 3 is 2.34 bits per heavy atom. The van der Waals surface area contributed by atoms with Crippen molar-refractivity contribution in [2.24, 2.45) is 9.98 Å². The van der Waals surface area contributed by atoms with Crippen LogP contribution in [0.1, 0.15) is 30.5 Å². The van der Waals surface area contributed by atoms with Gasteiger partial charge in [0.2, 0.25) is 0 Å². The fraction of sp³-hybridized carbons (Fsp3) is 0.231. The third kappa shape index (κ3) is 4.13.